The Balaban J connectivity index is 2.10. The predicted octanol–water partition coefficient (Wildman–Crippen LogP) is 1.72. The molecule has 1 aromatic rings. The number of nitrogens with one attached hydrogen (secondary N) is 2. The van der Waals surface area contributed by atoms with Crippen molar-refractivity contribution in [1.82, 2.24) is 5.32 Å². The van der Waals surface area contributed by atoms with Crippen LogP contribution in [0.25, 0.3) is 0 Å². The number of ether oxygens (including phenoxy) is 1. The van der Waals surface area contributed by atoms with Gasteiger partial charge in [0.2, 0.25) is 5.91 Å². The van der Waals surface area contributed by atoms with Crippen LogP contribution in [-0.2, 0) is 9.53 Å². The quantitative estimate of drug-likeness (QED) is 0.825. The lowest BCUT2D eigenvalue weighted by Crippen LogP contribution is -2.39. The van der Waals surface area contributed by atoms with E-state index < -0.39 is 0 Å². The highest BCUT2D eigenvalue weighted by Crippen LogP contribution is 2.20. The van der Waals surface area contributed by atoms with Crippen LogP contribution in [0.4, 0.5) is 5.69 Å². The molecule has 1 aliphatic heterocycles. The van der Waals surface area contributed by atoms with Gasteiger partial charge in [0.05, 0.1) is 18.7 Å². The fourth-order valence-electron chi connectivity index (χ4n) is 2.44. The molecule has 0 aromatic heterocycles. The summed E-state index contributed by atoms with van der Waals surface area (Å²) in [5.41, 5.74) is 2.05. The van der Waals surface area contributed by atoms with E-state index in [0.717, 1.165) is 24.2 Å². The Morgan fingerprint density at radius 1 is 1.40 bits per heavy atom. The molecule has 1 saturated heterocycles. The fourth-order valence-corrected chi connectivity index (χ4v) is 2.44. The maximum absolute atomic E-state index is 12.2. The first-order valence-electron chi connectivity index (χ1n) is 6.76. The highest BCUT2D eigenvalue weighted by Gasteiger charge is 2.29. The summed E-state index contributed by atoms with van der Waals surface area (Å²) in [5, 5.41) is 6.11. The lowest BCUT2D eigenvalue weighted by molar-refractivity contribution is -0.118. The first-order chi connectivity index (χ1) is 9.52. The van der Waals surface area contributed by atoms with E-state index in [1.165, 1.54) is 7.11 Å². The van der Waals surface area contributed by atoms with Crippen molar-refractivity contribution in [2.45, 2.75) is 26.3 Å². The molecule has 2 N–H and O–H groups in total. The number of hydrogen-bond donors (Lipinski definition) is 2. The molecule has 2 rings (SSSR count). The number of esters is 1. The van der Waals surface area contributed by atoms with E-state index in [1.807, 2.05) is 6.92 Å². The first-order valence-corrected chi connectivity index (χ1v) is 6.76. The van der Waals surface area contributed by atoms with Crippen molar-refractivity contribution in [2.24, 2.45) is 5.92 Å². The summed E-state index contributed by atoms with van der Waals surface area (Å²) in [5.74, 6) is -0.0642. The Bertz CT molecular complexity index is 528. The minimum absolute atomic E-state index is 0.0241. The van der Waals surface area contributed by atoms with Crippen LogP contribution in [0.5, 0.6) is 0 Å². The first kappa shape index (κ1) is 14.5. The number of aryl methyl sites for hydroxylation is 1. The van der Waals surface area contributed by atoms with Crippen molar-refractivity contribution in [3.8, 4) is 0 Å². The van der Waals surface area contributed by atoms with Crippen molar-refractivity contribution < 1.29 is 14.3 Å². The van der Waals surface area contributed by atoms with E-state index in [1.54, 1.807) is 18.2 Å². The summed E-state index contributed by atoms with van der Waals surface area (Å²) >= 11 is 0. The Hall–Kier alpha value is -1.88. The molecule has 5 nitrogen and oxygen atoms in total. The molecule has 1 amide bonds. The van der Waals surface area contributed by atoms with E-state index in [0.29, 0.717) is 11.5 Å². The molecule has 0 spiro atoms. The predicted molar refractivity (Wildman–Crippen MR) is 76.7 cm³/mol. The molecule has 1 heterocycles. The highest BCUT2D eigenvalue weighted by atomic mass is 16.5. The maximum atomic E-state index is 12.2. The van der Waals surface area contributed by atoms with Crippen molar-refractivity contribution >= 4 is 17.6 Å². The molecule has 0 radical (unpaired) electrons. The van der Waals surface area contributed by atoms with Crippen molar-refractivity contribution in [3.63, 3.8) is 0 Å². The monoisotopic (exact) mass is 276 g/mol. The second kappa shape index (κ2) is 6.05. The number of amides is 1. The average Bonchev–Trinajstić information content (AvgIpc) is 2.86. The zero-order valence-corrected chi connectivity index (χ0v) is 12.0. The van der Waals surface area contributed by atoms with E-state index in [4.69, 9.17) is 0 Å². The summed E-state index contributed by atoms with van der Waals surface area (Å²) in [6, 6.07) is 4.96. The third-order valence-electron chi connectivity index (χ3n) is 3.72. The number of carbonyl (C=O) groups excluding carboxylic acids is 2. The number of methoxy groups -OCH3 is 1. The van der Waals surface area contributed by atoms with Gasteiger partial charge in [-0.3, -0.25) is 4.79 Å². The minimum Gasteiger partial charge on any atom is -0.465 e. The second-order valence-electron chi connectivity index (χ2n) is 5.21. The maximum Gasteiger partial charge on any atom is 0.337 e. The summed E-state index contributed by atoms with van der Waals surface area (Å²) in [4.78, 5) is 23.6. The smallest absolute Gasteiger partial charge is 0.337 e. The summed E-state index contributed by atoms with van der Waals surface area (Å²) in [7, 11) is 1.35. The third kappa shape index (κ3) is 2.99. The molecular weight excluding hydrogens is 256 g/mol. The van der Waals surface area contributed by atoms with Crippen LogP contribution in [0.15, 0.2) is 18.2 Å². The summed E-state index contributed by atoms with van der Waals surface area (Å²) < 4.78 is 4.67. The van der Waals surface area contributed by atoms with Gasteiger partial charge in [-0.25, -0.2) is 4.79 Å². The van der Waals surface area contributed by atoms with Gasteiger partial charge in [0, 0.05) is 5.69 Å². The van der Waals surface area contributed by atoms with Crippen LogP contribution in [0.3, 0.4) is 0 Å². The molecule has 1 aliphatic rings. The second-order valence-corrected chi connectivity index (χ2v) is 5.21. The Kier molecular flexibility index (Phi) is 4.39. The van der Waals surface area contributed by atoms with Gasteiger partial charge in [0.25, 0.3) is 0 Å². The van der Waals surface area contributed by atoms with E-state index in [-0.39, 0.29) is 17.9 Å². The van der Waals surface area contributed by atoms with Crippen molar-refractivity contribution in [1.29, 1.82) is 0 Å². The Labute approximate surface area is 118 Å². The van der Waals surface area contributed by atoms with Gasteiger partial charge in [-0.1, -0.05) is 6.92 Å². The van der Waals surface area contributed by atoms with Crippen molar-refractivity contribution in [3.05, 3.63) is 29.3 Å². The third-order valence-corrected chi connectivity index (χ3v) is 3.72. The molecule has 108 valence electrons. The Morgan fingerprint density at radius 3 is 2.70 bits per heavy atom. The lowest BCUT2D eigenvalue weighted by atomic mass is 10.0. The van der Waals surface area contributed by atoms with Gasteiger partial charge in [-0.2, -0.15) is 0 Å². The van der Waals surface area contributed by atoms with E-state index >= 15 is 0 Å². The number of benzene rings is 1. The average molecular weight is 276 g/mol. The molecule has 20 heavy (non-hydrogen) atoms. The van der Waals surface area contributed by atoms with Crippen LogP contribution in [0.2, 0.25) is 0 Å². The van der Waals surface area contributed by atoms with Gasteiger partial charge in [-0.15, -0.1) is 0 Å². The summed E-state index contributed by atoms with van der Waals surface area (Å²) in [6.07, 6.45) is 1.01. The summed E-state index contributed by atoms with van der Waals surface area (Å²) in [6.45, 7) is 4.80. The van der Waals surface area contributed by atoms with Crippen LogP contribution < -0.4 is 10.6 Å². The van der Waals surface area contributed by atoms with Gasteiger partial charge >= 0.3 is 5.97 Å². The molecule has 1 fully saturated rings. The molecule has 0 bridgehead atoms. The standard InChI is InChI=1S/C15H20N2O3/c1-9-6-7-16-13(9)14(18)17-12-5-4-11(8-10(12)2)15(19)20-3/h4-5,8-9,13,16H,6-7H2,1-3H3,(H,17,18). The number of carbonyl (C=O) groups is 2. The Morgan fingerprint density at radius 2 is 2.15 bits per heavy atom. The SMILES string of the molecule is COC(=O)c1ccc(NC(=O)C2NCCC2C)c(C)c1. The largest absolute Gasteiger partial charge is 0.465 e. The highest BCUT2D eigenvalue weighted by molar-refractivity contribution is 5.97. The normalized spacial score (nSPS) is 21.6. The molecule has 2 atom stereocenters. The number of anilines is 1. The molecule has 5 heteroatoms. The van der Waals surface area contributed by atoms with Gasteiger partial charge in [-0.05, 0) is 49.6 Å². The van der Waals surface area contributed by atoms with E-state index in [9.17, 15) is 9.59 Å². The fraction of sp³-hybridized carbons (Fsp3) is 0.467. The van der Waals surface area contributed by atoms with Gasteiger partial charge in [0.15, 0.2) is 0 Å². The van der Waals surface area contributed by atoms with Gasteiger partial charge in [0.1, 0.15) is 0 Å². The zero-order chi connectivity index (χ0) is 14.7. The number of rotatable bonds is 3. The van der Waals surface area contributed by atoms with Crippen LogP contribution in [0, 0.1) is 12.8 Å². The molecule has 0 saturated carbocycles. The van der Waals surface area contributed by atoms with Crippen LogP contribution in [0.1, 0.15) is 29.3 Å². The van der Waals surface area contributed by atoms with Crippen LogP contribution in [-0.4, -0.2) is 31.6 Å². The zero-order valence-electron chi connectivity index (χ0n) is 12.0. The topological polar surface area (TPSA) is 67.4 Å². The number of hydrogen-bond acceptors (Lipinski definition) is 4. The van der Waals surface area contributed by atoms with E-state index in [2.05, 4.69) is 22.3 Å². The molecular formula is C15H20N2O3. The molecule has 0 aliphatic carbocycles. The lowest BCUT2D eigenvalue weighted by Gasteiger charge is -2.16. The van der Waals surface area contributed by atoms with Crippen molar-refractivity contribution in [2.75, 3.05) is 19.0 Å². The van der Waals surface area contributed by atoms with Crippen LogP contribution >= 0.6 is 0 Å². The minimum atomic E-state index is -0.378. The molecule has 1 aromatic carbocycles. The van der Waals surface area contributed by atoms with Gasteiger partial charge < -0.3 is 15.4 Å². The molecule has 2 unspecified atom stereocenters.